The van der Waals surface area contributed by atoms with E-state index in [9.17, 15) is 17.6 Å². The summed E-state index contributed by atoms with van der Waals surface area (Å²) in [7, 11) is 2.68. The van der Waals surface area contributed by atoms with E-state index in [4.69, 9.17) is 9.47 Å². The summed E-state index contributed by atoms with van der Waals surface area (Å²) in [6.45, 7) is 2.18. The van der Waals surface area contributed by atoms with Crippen LogP contribution in [0.15, 0.2) is 12.1 Å². The first-order valence-corrected chi connectivity index (χ1v) is 6.54. The van der Waals surface area contributed by atoms with Crippen molar-refractivity contribution in [1.29, 1.82) is 0 Å². The summed E-state index contributed by atoms with van der Waals surface area (Å²) >= 11 is 0. The summed E-state index contributed by atoms with van der Waals surface area (Å²) in [5, 5.41) is 2.72. The van der Waals surface area contributed by atoms with Crippen molar-refractivity contribution in [2.24, 2.45) is 0 Å². The molecule has 21 heavy (non-hydrogen) atoms. The van der Waals surface area contributed by atoms with E-state index in [0.717, 1.165) is 6.07 Å². The molecule has 0 bridgehead atoms. The molecule has 1 aromatic rings. The van der Waals surface area contributed by atoms with E-state index in [1.165, 1.54) is 20.3 Å². The summed E-state index contributed by atoms with van der Waals surface area (Å²) in [6.07, 6.45) is -4.91. The Balaban J connectivity index is 3.16. The third-order valence-electron chi connectivity index (χ3n) is 2.95. The van der Waals surface area contributed by atoms with E-state index in [1.54, 1.807) is 0 Å². The van der Waals surface area contributed by atoms with Crippen molar-refractivity contribution in [1.82, 2.24) is 5.32 Å². The summed E-state index contributed by atoms with van der Waals surface area (Å²) in [5.41, 5.74) is -0.0848. The molecule has 7 heteroatoms. The van der Waals surface area contributed by atoms with Crippen LogP contribution < -0.4 is 14.8 Å². The molecule has 120 valence electrons. The molecule has 1 atom stereocenters. The fourth-order valence-electron chi connectivity index (χ4n) is 1.98. The van der Waals surface area contributed by atoms with Gasteiger partial charge in [-0.05, 0) is 19.0 Å². The maximum Gasteiger partial charge on any atom is 0.390 e. The molecule has 1 aromatic carbocycles. The second-order valence-corrected chi connectivity index (χ2v) is 4.55. The molecule has 0 saturated heterocycles. The van der Waals surface area contributed by atoms with E-state index >= 15 is 0 Å². The molecule has 1 rings (SSSR count). The fraction of sp³-hybridized carbons (Fsp3) is 0.571. The molecule has 0 fully saturated rings. The fourth-order valence-corrected chi connectivity index (χ4v) is 1.98. The third kappa shape index (κ3) is 5.08. The van der Waals surface area contributed by atoms with E-state index in [2.05, 4.69) is 5.32 Å². The molecular formula is C14H19F4NO2. The Bertz CT molecular complexity index is 463. The topological polar surface area (TPSA) is 30.5 Å². The first-order chi connectivity index (χ1) is 9.82. The normalized spacial score (nSPS) is 13.1. The van der Waals surface area contributed by atoms with Gasteiger partial charge in [0.15, 0.2) is 11.5 Å². The number of hydrogen-bond donors (Lipinski definition) is 1. The average Bonchev–Trinajstić information content (AvgIpc) is 2.42. The van der Waals surface area contributed by atoms with Crippen LogP contribution >= 0.6 is 0 Å². The van der Waals surface area contributed by atoms with Crippen LogP contribution in [0.25, 0.3) is 0 Å². The molecule has 1 unspecified atom stereocenters. The SMILES string of the molecule is CCCNC(CC(F)(F)F)c1cc(OC)c(OC)cc1F. The van der Waals surface area contributed by atoms with Gasteiger partial charge in [0.05, 0.1) is 20.6 Å². The first-order valence-electron chi connectivity index (χ1n) is 6.54. The lowest BCUT2D eigenvalue weighted by Crippen LogP contribution is -2.28. The summed E-state index contributed by atoms with van der Waals surface area (Å²) in [5.74, 6) is -0.426. The highest BCUT2D eigenvalue weighted by Gasteiger charge is 2.34. The third-order valence-corrected chi connectivity index (χ3v) is 2.95. The van der Waals surface area contributed by atoms with Gasteiger partial charge in [-0.15, -0.1) is 0 Å². The maximum absolute atomic E-state index is 14.1. The number of rotatable bonds is 7. The second kappa shape index (κ2) is 7.49. The van der Waals surface area contributed by atoms with Crippen molar-refractivity contribution in [3.05, 3.63) is 23.5 Å². The highest BCUT2D eigenvalue weighted by Crippen LogP contribution is 2.36. The molecule has 0 aliphatic rings. The Kier molecular flexibility index (Phi) is 6.26. The van der Waals surface area contributed by atoms with Crippen LogP contribution in [0.5, 0.6) is 11.5 Å². The van der Waals surface area contributed by atoms with Gasteiger partial charge in [0.25, 0.3) is 0 Å². The monoisotopic (exact) mass is 309 g/mol. The molecule has 1 N–H and O–H groups in total. The zero-order valence-electron chi connectivity index (χ0n) is 12.2. The van der Waals surface area contributed by atoms with Gasteiger partial charge in [-0.3, -0.25) is 0 Å². The Morgan fingerprint density at radius 2 is 1.71 bits per heavy atom. The number of hydrogen-bond acceptors (Lipinski definition) is 3. The van der Waals surface area contributed by atoms with Crippen LogP contribution in [-0.4, -0.2) is 26.9 Å². The summed E-state index contributed by atoms with van der Waals surface area (Å²) in [4.78, 5) is 0. The quantitative estimate of drug-likeness (QED) is 0.776. The predicted molar refractivity (Wildman–Crippen MR) is 71.2 cm³/mol. The van der Waals surface area contributed by atoms with Crippen LogP contribution in [0.1, 0.15) is 31.4 Å². The molecule has 3 nitrogen and oxygen atoms in total. The van der Waals surface area contributed by atoms with E-state index in [0.29, 0.717) is 13.0 Å². The van der Waals surface area contributed by atoms with Crippen molar-refractivity contribution in [3.63, 3.8) is 0 Å². The Morgan fingerprint density at radius 1 is 1.14 bits per heavy atom. The van der Waals surface area contributed by atoms with Crippen LogP contribution in [0.4, 0.5) is 17.6 Å². The Morgan fingerprint density at radius 3 is 2.19 bits per heavy atom. The lowest BCUT2D eigenvalue weighted by atomic mass is 10.0. The maximum atomic E-state index is 14.1. The van der Waals surface area contributed by atoms with Gasteiger partial charge >= 0.3 is 6.18 Å². The van der Waals surface area contributed by atoms with Crippen molar-refractivity contribution in [2.75, 3.05) is 20.8 Å². The number of nitrogens with one attached hydrogen (secondary N) is 1. The van der Waals surface area contributed by atoms with Gasteiger partial charge in [-0.25, -0.2) is 4.39 Å². The van der Waals surface area contributed by atoms with Crippen LogP contribution in [0, 0.1) is 5.82 Å². The predicted octanol–water partition coefficient (Wildman–Crippen LogP) is 3.84. The largest absolute Gasteiger partial charge is 0.493 e. The first kappa shape index (κ1) is 17.6. The van der Waals surface area contributed by atoms with Gasteiger partial charge in [0, 0.05) is 17.7 Å². The van der Waals surface area contributed by atoms with Crippen molar-refractivity contribution >= 4 is 0 Å². The van der Waals surface area contributed by atoms with Gasteiger partial charge in [0.1, 0.15) is 5.82 Å². The van der Waals surface area contributed by atoms with Crippen molar-refractivity contribution < 1.29 is 27.0 Å². The average molecular weight is 309 g/mol. The molecule has 0 aromatic heterocycles. The minimum Gasteiger partial charge on any atom is -0.493 e. The highest BCUT2D eigenvalue weighted by molar-refractivity contribution is 5.44. The highest BCUT2D eigenvalue weighted by atomic mass is 19.4. The molecule has 0 saturated carbocycles. The molecule has 0 spiro atoms. The summed E-state index contributed by atoms with van der Waals surface area (Å²) in [6, 6.07) is 1.11. The Labute approximate surface area is 121 Å². The van der Waals surface area contributed by atoms with Gasteiger partial charge in [-0.2, -0.15) is 13.2 Å². The number of ether oxygens (including phenoxy) is 2. The Hall–Kier alpha value is -1.50. The number of halogens is 4. The van der Waals surface area contributed by atoms with E-state index < -0.39 is 24.5 Å². The van der Waals surface area contributed by atoms with Crippen LogP contribution in [0.3, 0.4) is 0 Å². The number of alkyl halides is 3. The number of methoxy groups -OCH3 is 2. The van der Waals surface area contributed by atoms with Crippen LogP contribution in [-0.2, 0) is 0 Å². The number of benzene rings is 1. The van der Waals surface area contributed by atoms with Gasteiger partial charge < -0.3 is 14.8 Å². The zero-order chi connectivity index (χ0) is 16.0. The van der Waals surface area contributed by atoms with Crippen molar-refractivity contribution in [3.8, 4) is 11.5 Å². The molecular weight excluding hydrogens is 290 g/mol. The smallest absolute Gasteiger partial charge is 0.390 e. The molecule has 0 aliphatic carbocycles. The van der Waals surface area contributed by atoms with Crippen molar-refractivity contribution in [2.45, 2.75) is 32.0 Å². The standard InChI is InChI=1S/C14H19F4NO2/c1-4-5-19-11(8-14(16,17)18)9-6-12(20-2)13(21-3)7-10(9)15/h6-7,11,19H,4-5,8H2,1-3H3. The van der Waals surface area contributed by atoms with E-state index in [-0.39, 0.29) is 17.1 Å². The molecule has 0 aliphatic heterocycles. The lowest BCUT2D eigenvalue weighted by Gasteiger charge is -2.22. The molecule has 0 radical (unpaired) electrons. The zero-order valence-corrected chi connectivity index (χ0v) is 12.2. The van der Waals surface area contributed by atoms with Gasteiger partial charge in [0.2, 0.25) is 0 Å². The summed E-state index contributed by atoms with van der Waals surface area (Å²) < 4.78 is 62.0. The van der Waals surface area contributed by atoms with Gasteiger partial charge in [-0.1, -0.05) is 6.92 Å². The van der Waals surface area contributed by atoms with Crippen LogP contribution in [0.2, 0.25) is 0 Å². The molecule has 0 heterocycles. The van der Waals surface area contributed by atoms with E-state index in [1.807, 2.05) is 6.92 Å². The minimum atomic E-state index is -4.40. The minimum absolute atomic E-state index is 0.0848. The molecule has 0 amide bonds. The second-order valence-electron chi connectivity index (χ2n) is 4.55. The lowest BCUT2D eigenvalue weighted by molar-refractivity contribution is -0.140.